The van der Waals surface area contributed by atoms with E-state index in [0.717, 1.165) is 17.8 Å². The van der Waals surface area contributed by atoms with Gasteiger partial charge in [0.1, 0.15) is 5.82 Å². The molecule has 0 aromatic heterocycles. The topological polar surface area (TPSA) is 38.4 Å². The minimum Gasteiger partial charge on any atom is -0.387 e. The van der Waals surface area contributed by atoms with Crippen molar-refractivity contribution in [2.75, 3.05) is 0 Å². The fraction of sp³-hybridized carbons (Fsp3) is 0.462. The van der Waals surface area contributed by atoms with E-state index in [4.69, 9.17) is 5.73 Å². The summed E-state index contributed by atoms with van der Waals surface area (Å²) in [5.41, 5.74) is 6.95. The lowest BCUT2D eigenvalue weighted by molar-refractivity contribution is 0.626. The van der Waals surface area contributed by atoms with E-state index in [9.17, 15) is 4.39 Å². The minimum absolute atomic E-state index is 0.172. The Kier molecular flexibility index (Phi) is 3.22. The molecule has 1 aliphatic rings. The molecule has 0 saturated heterocycles. The lowest BCUT2D eigenvalue weighted by atomic mass is 10.1. The van der Waals surface area contributed by atoms with E-state index in [1.165, 1.54) is 25.0 Å². The maximum Gasteiger partial charge on any atom is 0.123 e. The van der Waals surface area contributed by atoms with Crippen LogP contribution in [-0.2, 0) is 6.42 Å². The second-order valence-corrected chi connectivity index (χ2v) is 4.51. The Hall–Kier alpha value is -1.38. The van der Waals surface area contributed by atoms with Crippen molar-refractivity contribution in [1.82, 2.24) is 0 Å². The SMILES string of the molecule is CC(Cc1ccc(F)cc1)N=C(N)C1CC1. The van der Waals surface area contributed by atoms with Gasteiger partial charge >= 0.3 is 0 Å². The molecule has 1 aliphatic carbocycles. The summed E-state index contributed by atoms with van der Waals surface area (Å²) >= 11 is 0. The fourth-order valence-electron chi connectivity index (χ4n) is 1.75. The Bertz CT molecular complexity index is 379. The highest BCUT2D eigenvalue weighted by Crippen LogP contribution is 2.29. The molecular formula is C13H17FN2. The van der Waals surface area contributed by atoms with Crippen LogP contribution in [-0.4, -0.2) is 11.9 Å². The van der Waals surface area contributed by atoms with E-state index in [0.29, 0.717) is 5.92 Å². The number of aliphatic imine (C=N–C) groups is 1. The summed E-state index contributed by atoms with van der Waals surface area (Å²) in [6, 6.07) is 6.74. The van der Waals surface area contributed by atoms with Crippen LogP contribution < -0.4 is 5.73 Å². The third-order valence-electron chi connectivity index (χ3n) is 2.81. The molecule has 1 aromatic rings. The average Bonchev–Trinajstić information content (AvgIpc) is 3.04. The van der Waals surface area contributed by atoms with Crippen molar-refractivity contribution in [3.63, 3.8) is 0 Å². The van der Waals surface area contributed by atoms with Crippen molar-refractivity contribution in [1.29, 1.82) is 0 Å². The Morgan fingerprint density at radius 2 is 2.06 bits per heavy atom. The number of halogens is 1. The van der Waals surface area contributed by atoms with Gasteiger partial charge in [0.15, 0.2) is 0 Å². The smallest absolute Gasteiger partial charge is 0.123 e. The zero-order chi connectivity index (χ0) is 11.5. The number of hydrogen-bond donors (Lipinski definition) is 1. The molecule has 0 bridgehead atoms. The molecule has 1 aromatic carbocycles. The van der Waals surface area contributed by atoms with E-state index in [1.807, 2.05) is 6.92 Å². The molecule has 0 amide bonds. The Balaban J connectivity index is 1.93. The van der Waals surface area contributed by atoms with Gasteiger partial charge < -0.3 is 5.73 Å². The number of benzene rings is 1. The summed E-state index contributed by atoms with van der Waals surface area (Å²) in [5.74, 6) is 1.11. The standard InChI is InChI=1S/C13H17FN2/c1-9(16-13(15)11-4-5-11)8-10-2-6-12(14)7-3-10/h2-3,6-7,9,11H,4-5,8H2,1H3,(H2,15,16). The van der Waals surface area contributed by atoms with Gasteiger partial charge in [-0.2, -0.15) is 0 Å². The van der Waals surface area contributed by atoms with E-state index in [-0.39, 0.29) is 11.9 Å². The third kappa shape index (κ3) is 3.05. The number of amidine groups is 1. The van der Waals surface area contributed by atoms with Crippen LogP contribution in [0.1, 0.15) is 25.3 Å². The highest BCUT2D eigenvalue weighted by molar-refractivity contribution is 5.85. The first kappa shape index (κ1) is 11.1. The summed E-state index contributed by atoms with van der Waals surface area (Å²) in [7, 11) is 0. The first-order chi connectivity index (χ1) is 7.65. The largest absolute Gasteiger partial charge is 0.387 e. The van der Waals surface area contributed by atoms with Gasteiger partial charge in [0.05, 0.1) is 11.9 Å². The second kappa shape index (κ2) is 4.64. The van der Waals surface area contributed by atoms with Gasteiger partial charge in [-0.25, -0.2) is 4.39 Å². The Morgan fingerprint density at radius 1 is 1.44 bits per heavy atom. The van der Waals surface area contributed by atoms with Crippen molar-refractivity contribution >= 4 is 5.84 Å². The summed E-state index contributed by atoms with van der Waals surface area (Å²) < 4.78 is 12.7. The lowest BCUT2D eigenvalue weighted by Gasteiger charge is -2.08. The molecule has 1 saturated carbocycles. The number of nitrogens with two attached hydrogens (primary N) is 1. The van der Waals surface area contributed by atoms with Gasteiger partial charge in [0, 0.05) is 5.92 Å². The van der Waals surface area contributed by atoms with E-state index in [2.05, 4.69) is 4.99 Å². The normalized spacial score (nSPS) is 18.5. The second-order valence-electron chi connectivity index (χ2n) is 4.51. The summed E-state index contributed by atoms with van der Waals surface area (Å²) in [4.78, 5) is 4.46. The highest BCUT2D eigenvalue weighted by Gasteiger charge is 2.25. The van der Waals surface area contributed by atoms with Gasteiger partial charge in [-0.05, 0) is 43.9 Å². The van der Waals surface area contributed by atoms with Crippen LogP contribution in [0.25, 0.3) is 0 Å². The van der Waals surface area contributed by atoms with Crippen LogP contribution in [0.4, 0.5) is 4.39 Å². The van der Waals surface area contributed by atoms with Crippen molar-refractivity contribution in [3.8, 4) is 0 Å². The van der Waals surface area contributed by atoms with Crippen molar-refractivity contribution in [2.24, 2.45) is 16.6 Å². The molecule has 2 N–H and O–H groups in total. The number of hydrogen-bond acceptors (Lipinski definition) is 1. The maximum atomic E-state index is 12.7. The van der Waals surface area contributed by atoms with Crippen LogP contribution in [0.3, 0.4) is 0 Å². The van der Waals surface area contributed by atoms with E-state index < -0.39 is 0 Å². The van der Waals surface area contributed by atoms with Gasteiger partial charge in [0.25, 0.3) is 0 Å². The number of rotatable bonds is 4. The molecule has 0 spiro atoms. The molecule has 2 rings (SSSR count). The molecule has 86 valence electrons. The number of nitrogens with zero attached hydrogens (tertiary/aromatic N) is 1. The van der Waals surface area contributed by atoms with Gasteiger partial charge in [-0.15, -0.1) is 0 Å². The van der Waals surface area contributed by atoms with Crippen LogP contribution in [0, 0.1) is 11.7 Å². The molecular weight excluding hydrogens is 203 g/mol. The average molecular weight is 220 g/mol. The molecule has 16 heavy (non-hydrogen) atoms. The predicted octanol–water partition coefficient (Wildman–Crippen LogP) is 2.52. The predicted molar refractivity (Wildman–Crippen MR) is 63.9 cm³/mol. The fourth-order valence-corrected chi connectivity index (χ4v) is 1.75. The summed E-state index contributed by atoms with van der Waals surface area (Å²) in [6.45, 7) is 2.04. The zero-order valence-electron chi connectivity index (χ0n) is 9.49. The molecule has 2 nitrogen and oxygen atoms in total. The quantitative estimate of drug-likeness (QED) is 0.614. The summed E-state index contributed by atoms with van der Waals surface area (Å²) in [5, 5.41) is 0. The monoisotopic (exact) mass is 220 g/mol. The third-order valence-corrected chi connectivity index (χ3v) is 2.81. The van der Waals surface area contributed by atoms with E-state index in [1.54, 1.807) is 12.1 Å². The van der Waals surface area contributed by atoms with Crippen molar-refractivity contribution < 1.29 is 4.39 Å². The van der Waals surface area contributed by atoms with Crippen molar-refractivity contribution in [3.05, 3.63) is 35.6 Å². The maximum absolute atomic E-state index is 12.7. The molecule has 3 heteroatoms. The van der Waals surface area contributed by atoms with Gasteiger partial charge in [0.2, 0.25) is 0 Å². The molecule has 1 fully saturated rings. The molecule has 1 atom stereocenters. The van der Waals surface area contributed by atoms with Crippen LogP contribution in [0.5, 0.6) is 0 Å². The van der Waals surface area contributed by atoms with Gasteiger partial charge in [-0.1, -0.05) is 12.1 Å². The van der Waals surface area contributed by atoms with E-state index >= 15 is 0 Å². The minimum atomic E-state index is -0.197. The van der Waals surface area contributed by atoms with Crippen molar-refractivity contribution in [2.45, 2.75) is 32.2 Å². The molecule has 0 radical (unpaired) electrons. The zero-order valence-corrected chi connectivity index (χ0v) is 9.49. The van der Waals surface area contributed by atoms with Crippen LogP contribution in [0.15, 0.2) is 29.3 Å². The Morgan fingerprint density at radius 3 is 2.62 bits per heavy atom. The first-order valence-corrected chi connectivity index (χ1v) is 5.73. The van der Waals surface area contributed by atoms with Gasteiger partial charge in [-0.3, -0.25) is 4.99 Å². The highest BCUT2D eigenvalue weighted by atomic mass is 19.1. The molecule has 0 heterocycles. The van der Waals surface area contributed by atoms with Crippen LogP contribution >= 0.6 is 0 Å². The summed E-state index contributed by atoms with van der Waals surface area (Å²) in [6.07, 6.45) is 3.17. The Labute approximate surface area is 95.4 Å². The molecule has 0 aliphatic heterocycles. The first-order valence-electron chi connectivity index (χ1n) is 5.73. The van der Waals surface area contributed by atoms with Crippen LogP contribution in [0.2, 0.25) is 0 Å². The molecule has 1 unspecified atom stereocenters. The lowest BCUT2D eigenvalue weighted by Crippen LogP contribution is -2.18.